The zero-order valence-electron chi connectivity index (χ0n) is 29.8. The van der Waals surface area contributed by atoms with Gasteiger partial charge in [0.2, 0.25) is 0 Å². The van der Waals surface area contributed by atoms with Gasteiger partial charge in [-0.05, 0) is 70.6 Å². The van der Waals surface area contributed by atoms with Gasteiger partial charge in [-0.3, -0.25) is 0 Å². The molecule has 0 saturated carbocycles. The maximum Gasteiger partial charge on any atom is 1.00 e. The van der Waals surface area contributed by atoms with E-state index in [0.29, 0.717) is 12.8 Å². The number of hydrogen-bond acceptors (Lipinski definition) is 7. The van der Waals surface area contributed by atoms with E-state index in [2.05, 4.69) is 38.2 Å². The minimum Gasteiger partial charge on any atom is -0.744 e. The van der Waals surface area contributed by atoms with Gasteiger partial charge in [-0.2, -0.15) is 0 Å². The molecule has 0 heterocycles. The van der Waals surface area contributed by atoms with Gasteiger partial charge in [-0.25, -0.2) is 18.0 Å². The Labute approximate surface area is 308 Å². The molecule has 7 nitrogen and oxygen atoms in total. The molecule has 0 aliphatic carbocycles. The van der Waals surface area contributed by atoms with Gasteiger partial charge in [-0.1, -0.05) is 127 Å². The van der Waals surface area contributed by atoms with Crippen molar-refractivity contribution in [3.63, 3.8) is 0 Å². The largest absolute Gasteiger partial charge is 1.00 e. The first-order chi connectivity index (χ1) is 22.3. The molecule has 0 fully saturated rings. The third-order valence-corrected chi connectivity index (χ3v) is 9.02. The number of carbonyl (C=O) groups is 2. The van der Waals surface area contributed by atoms with E-state index in [9.17, 15) is 22.6 Å². The van der Waals surface area contributed by atoms with Crippen LogP contribution in [0.25, 0.3) is 0 Å². The predicted octanol–water partition coefficient (Wildman–Crippen LogP) is 7.64. The Hall–Kier alpha value is -1.45. The third-order valence-electron chi connectivity index (χ3n) is 8.19. The molecule has 47 heavy (non-hydrogen) atoms. The van der Waals surface area contributed by atoms with Gasteiger partial charge < -0.3 is 14.0 Å². The third kappa shape index (κ3) is 24.4. The van der Waals surface area contributed by atoms with Crippen LogP contribution in [-0.2, 0) is 19.6 Å². The average molecular weight is 685 g/mol. The van der Waals surface area contributed by atoms with Gasteiger partial charge in [0.05, 0.1) is 29.2 Å². The molecule has 0 aliphatic heterocycles. The van der Waals surface area contributed by atoms with E-state index in [1.807, 2.05) is 0 Å². The van der Waals surface area contributed by atoms with Crippen LogP contribution in [-0.4, -0.2) is 38.1 Å². The molecule has 1 aromatic carbocycles. The number of esters is 2. The summed E-state index contributed by atoms with van der Waals surface area (Å²) >= 11 is 0. The molecule has 0 atom stereocenters. The number of ether oxygens (including phenoxy) is 2. The Bertz CT molecular complexity index is 1120. The fourth-order valence-electron chi connectivity index (χ4n) is 5.40. The molecule has 0 aliphatic rings. The number of rotatable bonds is 29. The van der Waals surface area contributed by atoms with Crippen LogP contribution in [0.2, 0.25) is 0 Å². The maximum atomic E-state index is 12.8. The topological polar surface area (TPSA) is 110 Å². The van der Waals surface area contributed by atoms with Crippen molar-refractivity contribution in [2.45, 2.75) is 160 Å². The Morgan fingerprint density at radius 2 is 0.915 bits per heavy atom. The van der Waals surface area contributed by atoms with E-state index < -0.39 is 27.0 Å². The van der Waals surface area contributed by atoms with E-state index in [0.717, 1.165) is 56.7 Å². The molecule has 0 saturated heterocycles. The predicted molar refractivity (Wildman–Crippen MR) is 186 cm³/mol. The zero-order chi connectivity index (χ0) is 33.7. The number of allylic oxidation sites excluding steroid dienone is 4. The standard InChI is InChI=1S/C38H62O7S.Na/c1-3-5-7-9-11-13-15-17-19-21-23-25-27-31-44-37(39)35-30-29-34(46(41,42)43)33-36(35)38(40)45-32-28-26-24-22-20-18-16-14-12-10-8-6-4-2;/h3-6,29-30,33H,7-28,31-32H2,1-2H3,(H,41,42,43);/q;+1/p-1/b5-3+,6-4+;. The maximum absolute atomic E-state index is 12.8. The summed E-state index contributed by atoms with van der Waals surface area (Å²) in [5.74, 6) is -1.56. The second-order valence-electron chi connectivity index (χ2n) is 12.2. The summed E-state index contributed by atoms with van der Waals surface area (Å²) in [5.41, 5.74) is -0.348. The van der Waals surface area contributed by atoms with E-state index in [-0.39, 0.29) is 53.9 Å². The minimum absolute atomic E-state index is 0. The van der Waals surface area contributed by atoms with Crippen LogP contribution < -0.4 is 29.6 Å². The minimum atomic E-state index is -4.81. The Morgan fingerprint density at radius 1 is 0.574 bits per heavy atom. The number of unbranched alkanes of at least 4 members (excludes halogenated alkanes) is 20. The van der Waals surface area contributed by atoms with Crippen LogP contribution in [0.4, 0.5) is 0 Å². The summed E-state index contributed by atoms with van der Waals surface area (Å²) in [6.45, 7) is 4.48. The smallest absolute Gasteiger partial charge is 0.744 e. The molecule has 0 amide bonds. The first kappa shape index (κ1) is 45.6. The molecule has 0 radical (unpaired) electrons. The van der Waals surface area contributed by atoms with Crippen LogP contribution >= 0.6 is 0 Å². The fourth-order valence-corrected chi connectivity index (χ4v) is 5.90. The molecule has 1 rings (SSSR count). The molecule has 1 aromatic rings. The van der Waals surface area contributed by atoms with Crippen LogP contribution in [0.1, 0.15) is 176 Å². The molecular formula is C38H61NaO7S. The SMILES string of the molecule is C/C=C/CCCCCCCCCCCCOC(=O)c1ccc(S(=O)(=O)[O-])cc1C(=O)OCCCCCCCCCCCC/C=C/C.[Na+]. The summed E-state index contributed by atoms with van der Waals surface area (Å²) in [7, 11) is -4.81. The van der Waals surface area contributed by atoms with Gasteiger partial charge in [0.25, 0.3) is 0 Å². The summed E-state index contributed by atoms with van der Waals surface area (Å²) in [4.78, 5) is 25.0. The summed E-state index contributed by atoms with van der Waals surface area (Å²) in [6.07, 6.45) is 33.8. The fraction of sp³-hybridized carbons (Fsp3) is 0.684. The van der Waals surface area contributed by atoms with Gasteiger partial charge in [-0.15, -0.1) is 0 Å². The van der Waals surface area contributed by atoms with E-state index in [1.54, 1.807) is 0 Å². The molecule has 0 spiro atoms. The summed E-state index contributed by atoms with van der Waals surface area (Å²) in [5, 5.41) is 0. The first-order valence-electron chi connectivity index (χ1n) is 18.0. The molecule has 0 unspecified atom stereocenters. The zero-order valence-corrected chi connectivity index (χ0v) is 32.6. The monoisotopic (exact) mass is 684 g/mol. The number of benzene rings is 1. The quantitative estimate of drug-likeness (QED) is 0.0280. The van der Waals surface area contributed by atoms with Crippen molar-refractivity contribution in [2.24, 2.45) is 0 Å². The van der Waals surface area contributed by atoms with Crippen LogP contribution in [0.15, 0.2) is 47.4 Å². The van der Waals surface area contributed by atoms with E-state index in [4.69, 9.17) is 9.47 Å². The van der Waals surface area contributed by atoms with E-state index in [1.165, 1.54) is 89.9 Å². The van der Waals surface area contributed by atoms with Gasteiger partial charge >= 0.3 is 41.5 Å². The van der Waals surface area contributed by atoms with Crippen molar-refractivity contribution in [3.05, 3.63) is 53.6 Å². The van der Waals surface area contributed by atoms with Crippen LogP contribution in [0, 0.1) is 0 Å². The second-order valence-corrected chi connectivity index (χ2v) is 13.6. The van der Waals surface area contributed by atoms with Crippen LogP contribution in [0.5, 0.6) is 0 Å². The summed E-state index contributed by atoms with van der Waals surface area (Å²) in [6, 6.07) is 3.11. The molecule has 9 heteroatoms. The van der Waals surface area contributed by atoms with E-state index >= 15 is 0 Å². The Balaban J connectivity index is 0.0000212. The Morgan fingerprint density at radius 3 is 1.28 bits per heavy atom. The Kier molecular flexibility index (Phi) is 29.7. The molecule has 0 N–H and O–H groups in total. The molecular weight excluding hydrogens is 623 g/mol. The van der Waals surface area contributed by atoms with Gasteiger partial charge in [0.1, 0.15) is 10.1 Å². The average Bonchev–Trinajstić information content (AvgIpc) is 3.04. The number of hydrogen-bond donors (Lipinski definition) is 0. The summed E-state index contributed by atoms with van der Waals surface area (Å²) < 4.78 is 45.5. The molecule has 262 valence electrons. The van der Waals surface area contributed by atoms with Crippen molar-refractivity contribution in [3.8, 4) is 0 Å². The van der Waals surface area contributed by atoms with Gasteiger partial charge in [0.15, 0.2) is 0 Å². The van der Waals surface area contributed by atoms with Crippen molar-refractivity contribution in [1.29, 1.82) is 0 Å². The van der Waals surface area contributed by atoms with Gasteiger partial charge in [0, 0.05) is 0 Å². The van der Waals surface area contributed by atoms with Crippen molar-refractivity contribution < 1.29 is 61.6 Å². The first-order valence-corrected chi connectivity index (χ1v) is 19.4. The molecule has 0 bridgehead atoms. The number of carbonyl (C=O) groups excluding carboxylic acids is 2. The second kappa shape index (κ2) is 30.6. The molecule has 0 aromatic heterocycles. The normalized spacial score (nSPS) is 11.6. The van der Waals surface area contributed by atoms with Crippen molar-refractivity contribution in [1.82, 2.24) is 0 Å². The van der Waals surface area contributed by atoms with Crippen molar-refractivity contribution >= 4 is 22.1 Å². The van der Waals surface area contributed by atoms with Crippen molar-refractivity contribution in [2.75, 3.05) is 13.2 Å². The van der Waals surface area contributed by atoms with Crippen LogP contribution in [0.3, 0.4) is 0 Å².